The third kappa shape index (κ3) is 5.49. The molecule has 3 heteroatoms. The van der Waals surface area contributed by atoms with Gasteiger partial charge in [-0.2, -0.15) is 5.10 Å². The number of rotatable bonds is 10. The highest BCUT2D eigenvalue weighted by atomic mass is 16.5. The molecule has 0 unspecified atom stereocenters. The van der Waals surface area contributed by atoms with Gasteiger partial charge in [-0.15, -0.1) is 0 Å². The Morgan fingerprint density at radius 3 is 2.36 bits per heavy atom. The highest BCUT2D eigenvalue weighted by molar-refractivity contribution is 5.80. The highest BCUT2D eigenvalue weighted by Crippen LogP contribution is 2.33. The van der Waals surface area contributed by atoms with Gasteiger partial charge in [-0.3, -0.25) is 0 Å². The van der Waals surface area contributed by atoms with Crippen LogP contribution >= 0.6 is 0 Å². The van der Waals surface area contributed by atoms with Gasteiger partial charge >= 0.3 is 0 Å². The summed E-state index contributed by atoms with van der Waals surface area (Å²) in [6.07, 6.45) is 17.6. The van der Waals surface area contributed by atoms with E-state index in [1.54, 1.807) is 12.2 Å². The van der Waals surface area contributed by atoms with Crippen molar-refractivity contribution in [1.82, 2.24) is 9.78 Å². The lowest BCUT2D eigenvalue weighted by Gasteiger charge is -2.12. The van der Waals surface area contributed by atoms with Crippen LogP contribution in [0.4, 0.5) is 0 Å². The van der Waals surface area contributed by atoms with Crippen LogP contribution in [0, 0.1) is 6.92 Å². The van der Waals surface area contributed by atoms with E-state index in [0.717, 1.165) is 41.2 Å². The topological polar surface area (TPSA) is 27.1 Å². The zero-order valence-electron chi connectivity index (χ0n) is 16.0. The molecule has 134 valence electrons. The molecule has 0 radical (unpaired) electrons. The van der Waals surface area contributed by atoms with Crippen LogP contribution in [-0.4, -0.2) is 16.4 Å². The largest absolute Gasteiger partial charge is 0.489 e. The molecule has 0 spiro atoms. The summed E-state index contributed by atoms with van der Waals surface area (Å²) in [5.41, 5.74) is 3.73. The van der Waals surface area contributed by atoms with Gasteiger partial charge in [0, 0.05) is 5.57 Å². The van der Waals surface area contributed by atoms with Crippen molar-refractivity contribution in [3.05, 3.63) is 73.2 Å². The maximum Gasteiger partial charge on any atom is 0.168 e. The molecule has 1 heterocycles. The Hall–Kier alpha value is -2.55. The quantitative estimate of drug-likeness (QED) is 0.379. The van der Waals surface area contributed by atoms with E-state index in [9.17, 15) is 0 Å². The predicted octanol–water partition coefficient (Wildman–Crippen LogP) is 6.12. The molecule has 0 aliphatic carbocycles. The van der Waals surface area contributed by atoms with Gasteiger partial charge in [0.1, 0.15) is 11.4 Å². The maximum absolute atomic E-state index is 6.10. The van der Waals surface area contributed by atoms with E-state index in [4.69, 9.17) is 9.84 Å². The number of nitrogens with zero attached hydrogens (tertiary/aromatic N) is 2. The normalized spacial score (nSPS) is 13.0. The van der Waals surface area contributed by atoms with Gasteiger partial charge in [0.2, 0.25) is 0 Å². The molecule has 1 aromatic heterocycles. The van der Waals surface area contributed by atoms with E-state index >= 15 is 0 Å². The lowest BCUT2D eigenvalue weighted by Crippen LogP contribution is -2.04. The smallest absolute Gasteiger partial charge is 0.168 e. The second-order valence-corrected chi connectivity index (χ2v) is 5.56. The number of hydrogen-bond acceptors (Lipinski definition) is 2. The van der Waals surface area contributed by atoms with E-state index in [1.807, 2.05) is 61.9 Å². The van der Waals surface area contributed by atoms with Crippen molar-refractivity contribution >= 4 is 11.3 Å². The Labute approximate surface area is 152 Å². The van der Waals surface area contributed by atoms with Crippen molar-refractivity contribution in [1.29, 1.82) is 0 Å². The SMILES string of the molecule is C=C/C=C(\C=C/C)c1c(OCCCC)c(C)nn1C(/C=C\C)=C/C=C. The summed E-state index contributed by atoms with van der Waals surface area (Å²) in [6.45, 7) is 16.4. The molecule has 0 aromatic carbocycles. The van der Waals surface area contributed by atoms with Crippen LogP contribution < -0.4 is 4.74 Å². The van der Waals surface area contributed by atoms with E-state index in [0.29, 0.717) is 6.61 Å². The van der Waals surface area contributed by atoms with E-state index in [2.05, 4.69) is 20.1 Å². The van der Waals surface area contributed by atoms with Crippen LogP contribution in [0.25, 0.3) is 11.3 Å². The van der Waals surface area contributed by atoms with Crippen LogP contribution in [0.1, 0.15) is 45.0 Å². The number of allylic oxidation sites excluding steroid dienone is 10. The Morgan fingerprint density at radius 1 is 1.12 bits per heavy atom. The van der Waals surface area contributed by atoms with E-state index in [1.165, 1.54) is 0 Å². The predicted molar refractivity (Wildman–Crippen MR) is 110 cm³/mol. The number of aryl methyl sites for hydroxylation is 1. The minimum Gasteiger partial charge on any atom is -0.489 e. The fourth-order valence-corrected chi connectivity index (χ4v) is 2.45. The molecule has 0 fully saturated rings. The third-order valence-corrected chi connectivity index (χ3v) is 3.54. The summed E-state index contributed by atoms with van der Waals surface area (Å²) < 4.78 is 8.01. The molecule has 3 nitrogen and oxygen atoms in total. The fraction of sp³-hybridized carbons (Fsp3) is 0.318. The molecule has 0 aliphatic rings. The van der Waals surface area contributed by atoms with Crippen molar-refractivity contribution in [2.45, 2.75) is 40.5 Å². The first-order valence-electron chi connectivity index (χ1n) is 8.78. The number of hydrogen-bond donors (Lipinski definition) is 0. The van der Waals surface area contributed by atoms with Crippen molar-refractivity contribution in [3.8, 4) is 5.75 Å². The van der Waals surface area contributed by atoms with Gasteiger partial charge in [0.25, 0.3) is 0 Å². The first kappa shape index (κ1) is 20.5. The molecule has 25 heavy (non-hydrogen) atoms. The molecule has 0 atom stereocenters. The molecule has 1 aromatic rings. The van der Waals surface area contributed by atoms with Crippen LogP contribution in [0.5, 0.6) is 5.75 Å². The van der Waals surface area contributed by atoms with Gasteiger partial charge in [-0.1, -0.05) is 63.0 Å². The first-order chi connectivity index (χ1) is 12.1. The van der Waals surface area contributed by atoms with Crippen molar-refractivity contribution < 1.29 is 4.74 Å². The molecule has 0 saturated heterocycles. The molecule has 0 saturated carbocycles. The average molecular weight is 338 g/mol. The summed E-state index contributed by atoms with van der Waals surface area (Å²) >= 11 is 0. The van der Waals surface area contributed by atoms with Gasteiger partial charge < -0.3 is 4.74 Å². The van der Waals surface area contributed by atoms with Crippen LogP contribution in [-0.2, 0) is 0 Å². The Balaban J connectivity index is 3.63. The van der Waals surface area contributed by atoms with E-state index in [-0.39, 0.29) is 0 Å². The van der Waals surface area contributed by atoms with Crippen molar-refractivity contribution in [2.75, 3.05) is 6.61 Å². The molecule has 0 aliphatic heterocycles. The second kappa shape index (κ2) is 11.1. The lowest BCUT2D eigenvalue weighted by atomic mass is 10.1. The number of ether oxygens (including phenoxy) is 1. The molecule has 1 rings (SSSR count). The fourth-order valence-electron chi connectivity index (χ4n) is 2.45. The Morgan fingerprint density at radius 2 is 1.80 bits per heavy atom. The zero-order chi connectivity index (χ0) is 18.7. The van der Waals surface area contributed by atoms with Crippen LogP contribution in [0.3, 0.4) is 0 Å². The summed E-state index contributed by atoms with van der Waals surface area (Å²) in [4.78, 5) is 0. The Bertz CT molecular complexity index is 700. The average Bonchev–Trinajstić information content (AvgIpc) is 2.91. The third-order valence-electron chi connectivity index (χ3n) is 3.54. The zero-order valence-corrected chi connectivity index (χ0v) is 16.0. The molecular weight excluding hydrogens is 308 g/mol. The molecule has 0 N–H and O–H groups in total. The molecule has 0 amide bonds. The van der Waals surface area contributed by atoms with E-state index < -0.39 is 0 Å². The molecule has 0 bridgehead atoms. The first-order valence-corrected chi connectivity index (χ1v) is 8.78. The standard InChI is InChI=1S/C22H30N2O/c1-7-12-17-25-22-18(6)23-24(20(15-10-4)16-11-5)21(22)19(13-8-2)14-9-3/h8-11,13-16H,2,4,7,12,17H2,1,3,5-6H3/b14-9-,16-11-,19-13+,20-15+. The summed E-state index contributed by atoms with van der Waals surface area (Å²) in [7, 11) is 0. The lowest BCUT2D eigenvalue weighted by molar-refractivity contribution is 0.306. The van der Waals surface area contributed by atoms with Crippen LogP contribution in [0.2, 0.25) is 0 Å². The molecular formula is C22H30N2O. The van der Waals surface area contributed by atoms with Crippen LogP contribution in [0.15, 0.2) is 61.8 Å². The minimum absolute atomic E-state index is 0.678. The second-order valence-electron chi connectivity index (χ2n) is 5.56. The Kier molecular flexibility index (Phi) is 9.09. The summed E-state index contributed by atoms with van der Waals surface area (Å²) in [6, 6.07) is 0. The van der Waals surface area contributed by atoms with Crippen molar-refractivity contribution in [3.63, 3.8) is 0 Å². The highest BCUT2D eigenvalue weighted by Gasteiger charge is 2.20. The van der Waals surface area contributed by atoms with Crippen molar-refractivity contribution in [2.24, 2.45) is 0 Å². The van der Waals surface area contributed by atoms with Gasteiger partial charge in [-0.05, 0) is 39.3 Å². The number of aromatic nitrogens is 2. The maximum atomic E-state index is 6.10. The number of unbranched alkanes of at least 4 members (excludes halogenated alkanes) is 1. The summed E-state index contributed by atoms with van der Waals surface area (Å²) in [5.74, 6) is 0.819. The van der Waals surface area contributed by atoms with Gasteiger partial charge in [-0.25, -0.2) is 4.68 Å². The monoisotopic (exact) mass is 338 g/mol. The summed E-state index contributed by atoms with van der Waals surface area (Å²) in [5, 5.41) is 4.73. The van der Waals surface area contributed by atoms with Gasteiger partial charge in [0.05, 0.1) is 12.3 Å². The van der Waals surface area contributed by atoms with Gasteiger partial charge in [0.15, 0.2) is 5.75 Å². The minimum atomic E-state index is 0.678.